The van der Waals surface area contributed by atoms with Gasteiger partial charge in [0.2, 0.25) is 11.8 Å². The van der Waals surface area contributed by atoms with E-state index in [1.165, 1.54) is 4.90 Å². The lowest BCUT2D eigenvalue weighted by atomic mass is 9.97. The van der Waals surface area contributed by atoms with Gasteiger partial charge in [-0.15, -0.1) is 0 Å². The molecule has 1 atom stereocenters. The fourth-order valence-electron chi connectivity index (χ4n) is 2.29. The molecule has 0 spiro atoms. The van der Waals surface area contributed by atoms with Gasteiger partial charge in [-0.05, 0) is 30.8 Å². The normalized spacial score (nSPS) is 19.1. The number of nitrogens with one attached hydrogen (secondary N) is 1. The van der Waals surface area contributed by atoms with Crippen molar-refractivity contribution in [1.29, 1.82) is 0 Å². The van der Waals surface area contributed by atoms with E-state index in [0.717, 1.165) is 19.3 Å². The van der Waals surface area contributed by atoms with Crippen LogP contribution in [0.25, 0.3) is 0 Å². The number of hydrogen-bond donors (Lipinski definition) is 1. The van der Waals surface area contributed by atoms with E-state index in [1.54, 1.807) is 0 Å². The molecule has 0 aliphatic carbocycles. The summed E-state index contributed by atoms with van der Waals surface area (Å²) in [5, 5.41) is 2.80. The Morgan fingerprint density at radius 3 is 2.55 bits per heavy atom. The Bertz CT molecular complexity index is 516. The van der Waals surface area contributed by atoms with Crippen molar-refractivity contribution in [1.82, 2.24) is 5.32 Å². The first-order valence-electron chi connectivity index (χ1n) is 6.89. The van der Waals surface area contributed by atoms with Crippen molar-refractivity contribution in [2.24, 2.45) is 5.92 Å². The van der Waals surface area contributed by atoms with Crippen molar-refractivity contribution in [3.05, 3.63) is 30.3 Å². The van der Waals surface area contributed by atoms with Crippen molar-refractivity contribution in [3.8, 4) is 0 Å². The van der Waals surface area contributed by atoms with Crippen molar-refractivity contribution < 1.29 is 9.59 Å². The lowest BCUT2D eigenvalue weighted by Gasteiger charge is -2.32. The summed E-state index contributed by atoms with van der Waals surface area (Å²) >= 11 is 5.12. The van der Waals surface area contributed by atoms with E-state index in [-0.39, 0.29) is 16.9 Å². The van der Waals surface area contributed by atoms with Gasteiger partial charge in [0.15, 0.2) is 5.11 Å². The van der Waals surface area contributed by atoms with E-state index in [1.807, 2.05) is 30.3 Å². The van der Waals surface area contributed by atoms with Crippen LogP contribution in [0, 0.1) is 5.92 Å². The summed E-state index contributed by atoms with van der Waals surface area (Å²) in [4.78, 5) is 25.9. The summed E-state index contributed by atoms with van der Waals surface area (Å²) < 4.78 is 0. The number of nitrogens with zero attached hydrogens (tertiary/aromatic N) is 1. The van der Waals surface area contributed by atoms with Crippen LogP contribution in [0.1, 0.15) is 32.6 Å². The van der Waals surface area contributed by atoms with Crippen molar-refractivity contribution in [2.45, 2.75) is 32.6 Å². The first-order valence-corrected chi connectivity index (χ1v) is 7.29. The summed E-state index contributed by atoms with van der Waals surface area (Å²) in [6.07, 6.45) is 3.52. The van der Waals surface area contributed by atoms with E-state index in [9.17, 15) is 9.59 Å². The second-order valence-electron chi connectivity index (χ2n) is 4.85. The van der Waals surface area contributed by atoms with Crippen molar-refractivity contribution in [3.63, 3.8) is 0 Å². The maximum Gasteiger partial charge on any atom is 0.245 e. The molecule has 20 heavy (non-hydrogen) atoms. The van der Waals surface area contributed by atoms with E-state index in [2.05, 4.69) is 12.2 Å². The number of carbonyl (C=O) groups is 2. The zero-order valence-corrected chi connectivity index (χ0v) is 12.3. The van der Waals surface area contributed by atoms with Crippen LogP contribution < -0.4 is 10.2 Å². The molecule has 5 heteroatoms. The topological polar surface area (TPSA) is 49.4 Å². The third-order valence-corrected chi connectivity index (χ3v) is 3.66. The summed E-state index contributed by atoms with van der Waals surface area (Å²) in [7, 11) is 0. The first-order chi connectivity index (χ1) is 9.65. The highest BCUT2D eigenvalue weighted by molar-refractivity contribution is 7.80. The van der Waals surface area contributed by atoms with Gasteiger partial charge in [-0.1, -0.05) is 44.4 Å². The molecule has 1 aliphatic heterocycles. The summed E-state index contributed by atoms with van der Waals surface area (Å²) in [5.74, 6) is -1.13. The molecular formula is C15H18N2O2S. The molecular weight excluding hydrogens is 272 g/mol. The Kier molecular flexibility index (Phi) is 4.84. The molecule has 1 aromatic carbocycles. The fourth-order valence-corrected chi connectivity index (χ4v) is 2.59. The Labute approximate surface area is 124 Å². The van der Waals surface area contributed by atoms with E-state index >= 15 is 0 Å². The number of anilines is 1. The van der Waals surface area contributed by atoms with Crippen LogP contribution in [0.15, 0.2) is 30.3 Å². The monoisotopic (exact) mass is 290 g/mol. The molecule has 1 aromatic rings. The minimum absolute atomic E-state index is 0.165. The van der Waals surface area contributed by atoms with Gasteiger partial charge in [-0.3, -0.25) is 14.5 Å². The van der Waals surface area contributed by atoms with Crippen LogP contribution in [-0.2, 0) is 9.59 Å². The average molecular weight is 290 g/mol. The lowest BCUT2D eigenvalue weighted by molar-refractivity contribution is -0.134. The summed E-state index contributed by atoms with van der Waals surface area (Å²) in [5.41, 5.74) is 0.697. The van der Waals surface area contributed by atoms with Crippen LogP contribution in [0.4, 0.5) is 5.69 Å². The minimum atomic E-state index is -0.631. The molecule has 0 aromatic heterocycles. The number of benzene rings is 1. The van der Waals surface area contributed by atoms with E-state index in [4.69, 9.17) is 12.2 Å². The van der Waals surface area contributed by atoms with Gasteiger partial charge in [0.25, 0.3) is 0 Å². The van der Waals surface area contributed by atoms with E-state index in [0.29, 0.717) is 12.1 Å². The van der Waals surface area contributed by atoms with Gasteiger partial charge < -0.3 is 5.32 Å². The molecule has 1 fully saturated rings. The molecule has 0 radical (unpaired) electrons. The molecule has 4 nitrogen and oxygen atoms in total. The van der Waals surface area contributed by atoms with Crippen LogP contribution in [-0.4, -0.2) is 16.9 Å². The Morgan fingerprint density at radius 1 is 1.20 bits per heavy atom. The molecule has 0 unspecified atom stereocenters. The van der Waals surface area contributed by atoms with Crippen molar-refractivity contribution in [2.75, 3.05) is 4.90 Å². The number of unbranched alkanes of at least 4 members (excludes halogenated alkanes) is 2. The molecule has 0 saturated carbocycles. The number of rotatable bonds is 5. The quantitative estimate of drug-likeness (QED) is 0.515. The predicted octanol–water partition coefficient (Wildman–Crippen LogP) is 2.63. The van der Waals surface area contributed by atoms with Gasteiger partial charge in [0.1, 0.15) is 5.92 Å². The average Bonchev–Trinajstić information content (AvgIpc) is 2.43. The van der Waals surface area contributed by atoms with Gasteiger partial charge in [-0.25, -0.2) is 0 Å². The second-order valence-corrected chi connectivity index (χ2v) is 5.24. The fraction of sp³-hybridized carbons (Fsp3) is 0.400. The van der Waals surface area contributed by atoms with Gasteiger partial charge in [-0.2, -0.15) is 0 Å². The van der Waals surface area contributed by atoms with Crippen molar-refractivity contribution >= 4 is 34.8 Å². The Hall–Kier alpha value is -1.75. The number of hydrogen-bond acceptors (Lipinski definition) is 3. The highest BCUT2D eigenvalue weighted by atomic mass is 32.1. The summed E-state index contributed by atoms with van der Waals surface area (Å²) in [6, 6.07) is 9.18. The predicted molar refractivity (Wildman–Crippen MR) is 82.3 cm³/mol. The molecule has 106 valence electrons. The smallest absolute Gasteiger partial charge is 0.245 e. The largest absolute Gasteiger partial charge is 0.302 e. The van der Waals surface area contributed by atoms with Gasteiger partial charge in [0, 0.05) is 0 Å². The molecule has 2 amide bonds. The minimum Gasteiger partial charge on any atom is -0.302 e. The Morgan fingerprint density at radius 2 is 1.90 bits per heavy atom. The maximum absolute atomic E-state index is 12.5. The molecule has 1 N–H and O–H groups in total. The first kappa shape index (κ1) is 14.7. The van der Waals surface area contributed by atoms with E-state index < -0.39 is 5.92 Å². The zero-order chi connectivity index (χ0) is 14.5. The SMILES string of the molecule is CCCCC[C@H]1C(=O)NC(=S)N(c2ccccc2)C1=O. The highest BCUT2D eigenvalue weighted by Gasteiger charge is 2.38. The third-order valence-electron chi connectivity index (χ3n) is 3.38. The molecule has 1 heterocycles. The standard InChI is InChI=1S/C15H18N2O2S/c1-2-3-5-10-12-13(18)16-15(20)17(14(12)19)11-8-6-4-7-9-11/h4,6-9,12H,2-3,5,10H2,1H3,(H,16,18,20)/t12-/m0/s1. The lowest BCUT2D eigenvalue weighted by Crippen LogP contribution is -2.58. The number of amides is 2. The molecule has 0 bridgehead atoms. The van der Waals surface area contributed by atoms with Crippen LogP contribution in [0.3, 0.4) is 0 Å². The third kappa shape index (κ3) is 3.04. The molecule has 2 rings (SSSR count). The molecule has 1 saturated heterocycles. The van der Waals surface area contributed by atoms with Crippen LogP contribution in [0.5, 0.6) is 0 Å². The number of carbonyl (C=O) groups excluding carboxylic acids is 2. The highest BCUT2D eigenvalue weighted by Crippen LogP contribution is 2.23. The summed E-state index contributed by atoms with van der Waals surface area (Å²) in [6.45, 7) is 2.09. The van der Waals surface area contributed by atoms with Crippen LogP contribution >= 0.6 is 12.2 Å². The second kappa shape index (κ2) is 6.61. The van der Waals surface area contributed by atoms with Gasteiger partial charge in [0.05, 0.1) is 5.69 Å². The molecule has 1 aliphatic rings. The maximum atomic E-state index is 12.5. The zero-order valence-electron chi connectivity index (χ0n) is 11.5. The number of thiocarbonyl (C=S) groups is 1. The Balaban J connectivity index is 2.18. The van der Waals surface area contributed by atoms with Crippen LogP contribution in [0.2, 0.25) is 0 Å². The number of para-hydroxylation sites is 1. The van der Waals surface area contributed by atoms with Gasteiger partial charge >= 0.3 is 0 Å².